The number of H-pyrrole nitrogens is 1. The highest BCUT2D eigenvalue weighted by Crippen LogP contribution is 2.03. The Kier molecular flexibility index (Phi) is 3.23. The van der Waals surface area contributed by atoms with E-state index in [2.05, 4.69) is 10.7 Å². The van der Waals surface area contributed by atoms with E-state index in [1.165, 1.54) is 13.1 Å². The molecule has 2 aromatic rings. The largest absolute Gasteiger partial charge is 0.361 e. The molecule has 2 rings (SSSR count). The SMILES string of the molecule is CN.O=c1cc[nH]c2ccccc12. The predicted octanol–water partition coefficient (Wildman–Crippen LogP) is 1.10. The third-order valence-corrected chi connectivity index (χ3v) is 1.67. The second-order valence-electron chi connectivity index (χ2n) is 2.39. The fourth-order valence-corrected chi connectivity index (χ4v) is 1.12. The number of pyridine rings is 1. The van der Waals surface area contributed by atoms with Crippen LogP contribution in [0.3, 0.4) is 0 Å². The zero-order valence-corrected chi connectivity index (χ0v) is 7.45. The zero-order valence-electron chi connectivity index (χ0n) is 7.45. The first kappa shape index (κ1) is 9.48. The smallest absolute Gasteiger partial charge is 0.189 e. The van der Waals surface area contributed by atoms with E-state index in [-0.39, 0.29) is 5.43 Å². The maximum absolute atomic E-state index is 11.2. The van der Waals surface area contributed by atoms with E-state index < -0.39 is 0 Å². The Bertz CT molecular complexity index is 429. The van der Waals surface area contributed by atoms with Crippen molar-refractivity contribution >= 4 is 10.9 Å². The van der Waals surface area contributed by atoms with Gasteiger partial charge < -0.3 is 10.7 Å². The van der Waals surface area contributed by atoms with E-state index in [4.69, 9.17) is 0 Å². The number of rotatable bonds is 0. The molecule has 0 unspecified atom stereocenters. The molecule has 1 aromatic heterocycles. The van der Waals surface area contributed by atoms with Gasteiger partial charge in [-0.2, -0.15) is 0 Å². The van der Waals surface area contributed by atoms with Crippen molar-refractivity contribution in [1.29, 1.82) is 0 Å². The van der Waals surface area contributed by atoms with Gasteiger partial charge in [0.2, 0.25) is 0 Å². The van der Waals surface area contributed by atoms with Crippen molar-refractivity contribution in [2.75, 3.05) is 7.05 Å². The van der Waals surface area contributed by atoms with Gasteiger partial charge in [-0.15, -0.1) is 0 Å². The van der Waals surface area contributed by atoms with Crippen LogP contribution in [0.1, 0.15) is 0 Å². The molecule has 0 radical (unpaired) electrons. The lowest BCUT2D eigenvalue weighted by Gasteiger charge is -1.92. The number of aromatic amines is 1. The summed E-state index contributed by atoms with van der Waals surface area (Å²) in [5, 5.41) is 0.745. The van der Waals surface area contributed by atoms with Crippen LogP contribution in [0.5, 0.6) is 0 Å². The number of nitrogens with two attached hydrogens (primary N) is 1. The van der Waals surface area contributed by atoms with Gasteiger partial charge in [-0.25, -0.2) is 0 Å². The molecule has 0 aliphatic carbocycles. The van der Waals surface area contributed by atoms with Crippen molar-refractivity contribution in [2.45, 2.75) is 0 Å². The molecule has 3 heteroatoms. The van der Waals surface area contributed by atoms with Gasteiger partial charge in [0.15, 0.2) is 5.43 Å². The van der Waals surface area contributed by atoms with E-state index in [0.29, 0.717) is 0 Å². The molecule has 3 nitrogen and oxygen atoms in total. The second kappa shape index (κ2) is 4.42. The molecule has 1 heterocycles. The Morgan fingerprint density at radius 1 is 1.15 bits per heavy atom. The van der Waals surface area contributed by atoms with Gasteiger partial charge in [0.25, 0.3) is 0 Å². The molecule has 0 bridgehead atoms. The molecular formula is C10H12N2O. The maximum Gasteiger partial charge on any atom is 0.189 e. The fourth-order valence-electron chi connectivity index (χ4n) is 1.12. The highest BCUT2D eigenvalue weighted by Gasteiger charge is 1.92. The van der Waals surface area contributed by atoms with Crippen molar-refractivity contribution in [2.24, 2.45) is 5.73 Å². The van der Waals surface area contributed by atoms with E-state index in [0.717, 1.165) is 10.9 Å². The number of benzene rings is 1. The normalized spacial score (nSPS) is 9.08. The minimum atomic E-state index is 0.0688. The van der Waals surface area contributed by atoms with Crippen LogP contribution in [-0.4, -0.2) is 12.0 Å². The molecule has 68 valence electrons. The van der Waals surface area contributed by atoms with Crippen LogP contribution >= 0.6 is 0 Å². The monoisotopic (exact) mass is 176 g/mol. The maximum atomic E-state index is 11.2. The van der Waals surface area contributed by atoms with Gasteiger partial charge in [0, 0.05) is 23.2 Å². The number of hydrogen-bond acceptors (Lipinski definition) is 2. The van der Waals surface area contributed by atoms with Crippen molar-refractivity contribution in [3.8, 4) is 0 Å². The molecular weight excluding hydrogens is 164 g/mol. The van der Waals surface area contributed by atoms with Crippen LogP contribution in [-0.2, 0) is 0 Å². The summed E-state index contributed by atoms with van der Waals surface area (Å²) in [6.45, 7) is 0. The fraction of sp³-hybridized carbons (Fsp3) is 0.100. The lowest BCUT2D eigenvalue weighted by molar-refractivity contribution is 1.39. The van der Waals surface area contributed by atoms with Crippen LogP contribution in [0.2, 0.25) is 0 Å². The molecule has 3 N–H and O–H groups in total. The van der Waals surface area contributed by atoms with Crippen LogP contribution < -0.4 is 11.2 Å². The van der Waals surface area contributed by atoms with Crippen molar-refractivity contribution in [1.82, 2.24) is 4.98 Å². The van der Waals surface area contributed by atoms with Gasteiger partial charge in [-0.3, -0.25) is 4.79 Å². The lowest BCUT2D eigenvalue weighted by Crippen LogP contribution is -1.98. The third-order valence-electron chi connectivity index (χ3n) is 1.67. The van der Waals surface area contributed by atoms with Crippen LogP contribution in [0.25, 0.3) is 10.9 Å². The first-order valence-electron chi connectivity index (χ1n) is 4.02. The summed E-state index contributed by atoms with van der Waals surface area (Å²) < 4.78 is 0. The summed E-state index contributed by atoms with van der Waals surface area (Å²) in [4.78, 5) is 14.2. The van der Waals surface area contributed by atoms with Crippen molar-refractivity contribution in [3.05, 3.63) is 46.8 Å². The highest BCUT2D eigenvalue weighted by atomic mass is 16.1. The van der Waals surface area contributed by atoms with E-state index in [1.54, 1.807) is 6.20 Å². The summed E-state index contributed by atoms with van der Waals surface area (Å²) in [5.74, 6) is 0. The predicted molar refractivity (Wildman–Crippen MR) is 54.7 cm³/mol. The Balaban J connectivity index is 0.000000396. The average molecular weight is 176 g/mol. The molecule has 0 amide bonds. The second-order valence-corrected chi connectivity index (χ2v) is 2.39. The van der Waals surface area contributed by atoms with Crippen LogP contribution in [0, 0.1) is 0 Å². The Morgan fingerprint density at radius 2 is 1.85 bits per heavy atom. The van der Waals surface area contributed by atoms with Crippen LogP contribution in [0.15, 0.2) is 41.3 Å². The molecule has 0 fully saturated rings. The van der Waals surface area contributed by atoms with E-state index in [9.17, 15) is 4.79 Å². The third kappa shape index (κ3) is 1.95. The van der Waals surface area contributed by atoms with Gasteiger partial charge in [0.05, 0.1) is 0 Å². The van der Waals surface area contributed by atoms with Crippen molar-refractivity contribution in [3.63, 3.8) is 0 Å². The molecule has 0 saturated carbocycles. The molecule has 0 aliphatic heterocycles. The summed E-state index contributed by atoms with van der Waals surface area (Å²) in [7, 11) is 1.50. The summed E-state index contributed by atoms with van der Waals surface area (Å²) in [6, 6.07) is 8.99. The average Bonchev–Trinajstić information content (AvgIpc) is 2.22. The Labute approximate surface area is 76.2 Å². The first-order chi connectivity index (χ1) is 6.38. The summed E-state index contributed by atoms with van der Waals surface area (Å²) in [6.07, 6.45) is 1.66. The minimum Gasteiger partial charge on any atom is -0.361 e. The molecule has 0 spiro atoms. The van der Waals surface area contributed by atoms with Crippen molar-refractivity contribution < 1.29 is 0 Å². The van der Waals surface area contributed by atoms with E-state index in [1.807, 2.05) is 24.3 Å². The number of hydrogen-bond donors (Lipinski definition) is 2. The molecule has 0 atom stereocenters. The number of aromatic nitrogens is 1. The number of fused-ring (bicyclic) bond motifs is 1. The lowest BCUT2D eigenvalue weighted by atomic mass is 10.2. The quantitative estimate of drug-likeness (QED) is 0.631. The standard InChI is InChI=1S/C9H7NO.CH5N/c11-9-5-6-10-8-4-2-1-3-7(8)9;1-2/h1-6H,(H,10,11);2H2,1H3. The van der Waals surface area contributed by atoms with E-state index >= 15 is 0 Å². The molecule has 13 heavy (non-hydrogen) atoms. The summed E-state index contributed by atoms with van der Waals surface area (Å²) in [5.41, 5.74) is 5.46. The molecule has 0 aliphatic rings. The minimum absolute atomic E-state index is 0.0688. The molecule has 0 saturated heterocycles. The Morgan fingerprint density at radius 3 is 2.54 bits per heavy atom. The van der Waals surface area contributed by atoms with Gasteiger partial charge >= 0.3 is 0 Å². The first-order valence-corrected chi connectivity index (χ1v) is 4.02. The number of nitrogens with one attached hydrogen (secondary N) is 1. The Hall–Kier alpha value is -1.61. The summed E-state index contributed by atoms with van der Waals surface area (Å²) >= 11 is 0. The van der Waals surface area contributed by atoms with Crippen LogP contribution in [0.4, 0.5) is 0 Å². The zero-order chi connectivity index (χ0) is 9.68. The van der Waals surface area contributed by atoms with Gasteiger partial charge in [-0.05, 0) is 19.2 Å². The number of para-hydroxylation sites is 1. The highest BCUT2D eigenvalue weighted by molar-refractivity contribution is 5.77. The molecule has 1 aromatic carbocycles. The van der Waals surface area contributed by atoms with Gasteiger partial charge in [-0.1, -0.05) is 12.1 Å². The topological polar surface area (TPSA) is 58.9 Å². The van der Waals surface area contributed by atoms with Gasteiger partial charge in [0.1, 0.15) is 0 Å².